The van der Waals surface area contributed by atoms with Gasteiger partial charge in [0.25, 0.3) is 0 Å². The topological polar surface area (TPSA) is 63.8 Å². The maximum Gasteiger partial charge on any atom is 0.218 e. The second kappa shape index (κ2) is 6.38. The maximum atomic E-state index is 9.19. The molecule has 0 radical (unpaired) electrons. The molecule has 0 amide bonds. The van der Waals surface area contributed by atoms with Crippen molar-refractivity contribution in [1.82, 2.24) is 20.2 Å². The van der Waals surface area contributed by atoms with E-state index in [-0.39, 0.29) is 6.61 Å². The minimum absolute atomic E-state index is 0.00723. The highest BCUT2D eigenvalue weighted by molar-refractivity contribution is 9.10. The van der Waals surface area contributed by atoms with Crippen LogP contribution < -0.4 is 0 Å². The number of tetrazole rings is 1. The first kappa shape index (κ1) is 14.2. The monoisotopic (exact) mass is 362 g/mol. The molecular weight excluding hydrogens is 352 g/mol. The van der Waals surface area contributed by atoms with E-state index in [1.807, 2.05) is 48.5 Å². The van der Waals surface area contributed by atoms with Crippen molar-refractivity contribution in [2.45, 2.75) is 16.7 Å². The number of hydrogen-bond donors (Lipinski definition) is 1. The third-order valence-corrected chi connectivity index (χ3v) is 4.51. The first-order valence-electron chi connectivity index (χ1n) is 6.19. The van der Waals surface area contributed by atoms with Crippen molar-refractivity contribution < 1.29 is 5.11 Å². The molecule has 0 fully saturated rings. The van der Waals surface area contributed by atoms with Gasteiger partial charge in [0.1, 0.15) is 0 Å². The molecule has 7 heteroatoms. The van der Waals surface area contributed by atoms with Crippen LogP contribution in [-0.4, -0.2) is 25.3 Å². The Morgan fingerprint density at radius 2 is 1.95 bits per heavy atom. The maximum absolute atomic E-state index is 9.19. The summed E-state index contributed by atoms with van der Waals surface area (Å²) >= 11 is 4.91. The molecule has 1 aromatic heterocycles. The molecule has 0 saturated carbocycles. The molecule has 0 saturated heterocycles. The molecule has 0 aliphatic carbocycles. The van der Waals surface area contributed by atoms with E-state index in [1.165, 1.54) is 11.8 Å². The second-order valence-corrected chi connectivity index (χ2v) is 6.12. The molecule has 0 unspecified atom stereocenters. The zero-order valence-electron chi connectivity index (χ0n) is 10.8. The Bertz CT molecular complexity index is 748. The fourth-order valence-electron chi connectivity index (χ4n) is 1.80. The smallest absolute Gasteiger partial charge is 0.218 e. The number of para-hydroxylation sites is 1. The number of nitrogens with zero attached hydrogens (tertiary/aromatic N) is 4. The molecule has 2 aromatic carbocycles. The molecular formula is C14H11BrN4OS. The van der Waals surface area contributed by atoms with Crippen LogP contribution in [0.4, 0.5) is 0 Å². The molecule has 0 atom stereocenters. The van der Waals surface area contributed by atoms with Gasteiger partial charge in [0.2, 0.25) is 5.16 Å². The van der Waals surface area contributed by atoms with Gasteiger partial charge in [-0.1, -0.05) is 40.2 Å². The van der Waals surface area contributed by atoms with E-state index in [0.717, 1.165) is 20.6 Å². The normalized spacial score (nSPS) is 10.8. The van der Waals surface area contributed by atoms with Crippen LogP contribution in [-0.2, 0) is 6.61 Å². The zero-order valence-corrected chi connectivity index (χ0v) is 13.3. The quantitative estimate of drug-likeness (QED) is 0.772. The fourth-order valence-corrected chi connectivity index (χ4v) is 3.28. The van der Waals surface area contributed by atoms with Crippen molar-refractivity contribution in [1.29, 1.82) is 0 Å². The lowest BCUT2D eigenvalue weighted by molar-refractivity contribution is 0.281. The van der Waals surface area contributed by atoms with Gasteiger partial charge in [-0.2, -0.15) is 4.68 Å². The molecule has 3 aromatic rings. The van der Waals surface area contributed by atoms with Crippen molar-refractivity contribution in [2.24, 2.45) is 0 Å². The Morgan fingerprint density at radius 1 is 1.14 bits per heavy atom. The van der Waals surface area contributed by atoms with E-state index in [4.69, 9.17) is 0 Å². The van der Waals surface area contributed by atoms with Gasteiger partial charge >= 0.3 is 0 Å². The summed E-state index contributed by atoms with van der Waals surface area (Å²) in [6, 6.07) is 15.5. The number of aromatic nitrogens is 4. The first-order valence-corrected chi connectivity index (χ1v) is 7.80. The SMILES string of the molecule is OCc1ccc(Sc2nnnn2-c2ccccc2)cc1Br. The summed E-state index contributed by atoms with van der Waals surface area (Å²) in [4.78, 5) is 0.992. The fraction of sp³-hybridized carbons (Fsp3) is 0.0714. The Labute approximate surface area is 134 Å². The van der Waals surface area contributed by atoms with Gasteiger partial charge in [-0.25, -0.2) is 0 Å². The van der Waals surface area contributed by atoms with Crippen molar-refractivity contribution in [2.75, 3.05) is 0 Å². The average molecular weight is 363 g/mol. The zero-order chi connectivity index (χ0) is 14.7. The summed E-state index contributed by atoms with van der Waals surface area (Å²) in [7, 11) is 0. The molecule has 1 heterocycles. The molecule has 3 rings (SSSR count). The van der Waals surface area contributed by atoms with Gasteiger partial charge in [-0.05, 0) is 52.0 Å². The van der Waals surface area contributed by atoms with Crippen LogP contribution in [0.1, 0.15) is 5.56 Å². The number of aliphatic hydroxyl groups excluding tert-OH is 1. The Morgan fingerprint density at radius 3 is 2.67 bits per heavy atom. The summed E-state index contributed by atoms with van der Waals surface area (Å²) in [6.45, 7) is 0.00723. The first-order chi connectivity index (χ1) is 10.3. The molecule has 0 aliphatic heterocycles. The van der Waals surface area contributed by atoms with Gasteiger partial charge in [-0.15, -0.1) is 5.10 Å². The standard InChI is InChI=1S/C14H11BrN4OS/c15-13-8-12(7-6-10(13)9-20)21-14-16-17-18-19(14)11-4-2-1-3-5-11/h1-8,20H,9H2. The minimum Gasteiger partial charge on any atom is -0.392 e. The third-order valence-electron chi connectivity index (χ3n) is 2.85. The van der Waals surface area contributed by atoms with E-state index in [9.17, 15) is 5.11 Å². The molecule has 1 N–H and O–H groups in total. The summed E-state index contributed by atoms with van der Waals surface area (Å²) in [5.74, 6) is 0. The van der Waals surface area contributed by atoms with Crippen LogP contribution in [0, 0.1) is 0 Å². The predicted octanol–water partition coefficient (Wildman–Crippen LogP) is 3.07. The predicted molar refractivity (Wildman–Crippen MR) is 83.3 cm³/mol. The second-order valence-electron chi connectivity index (χ2n) is 4.22. The number of benzene rings is 2. The van der Waals surface area contributed by atoms with Gasteiger partial charge in [0, 0.05) is 9.37 Å². The van der Waals surface area contributed by atoms with Crippen LogP contribution in [0.25, 0.3) is 5.69 Å². The highest BCUT2D eigenvalue weighted by Gasteiger charge is 2.10. The Kier molecular flexibility index (Phi) is 4.33. The van der Waals surface area contributed by atoms with Crippen molar-refractivity contribution in [3.63, 3.8) is 0 Å². The van der Waals surface area contributed by atoms with Gasteiger partial charge in [0.15, 0.2) is 0 Å². The number of hydrogen-bond acceptors (Lipinski definition) is 5. The van der Waals surface area contributed by atoms with Crippen molar-refractivity contribution >= 4 is 27.7 Å². The lowest BCUT2D eigenvalue weighted by Gasteiger charge is -2.06. The highest BCUT2D eigenvalue weighted by Crippen LogP contribution is 2.30. The molecule has 0 bridgehead atoms. The van der Waals surface area contributed by atoms with Gasteiger partial charge < -0.3 is 5.11 Å². The number of rotatable bonds is 4. The van der Waals surface area contributed by atoms with Crippen molar-refractivity contribution in [3.8, 4) is 5.69 Å². The molecule has 5 nitrogen and oxygen atoms in total. The van der Waals surface area contributed by atoms with Crippen molar-refractivity contribution in [3.05, 3.63) is 58.6 Å². The number of halogens is 1. The van der Waals surface area contributed by atoms with E-state index in [1.54, 1.807) is 4.68 Å². The Hall–Kier alpha value is -1.70. The average Bonchev–Trinajstić information content (AvgIpc) is 2.96. The highest BCUT2D eigenvalue weighted by atomic mass is 79.9. The van der Waals surface area contributed by atoms with Crippen LogP contribution >= 0.6 is 27.7 Å². The van der Waals surface area contributed by atoms with Gasteiger partial charge in [-0.3, -0.25) is 0 Å². The lowest BCUT2D eigenvalue weighted by atomic mass is 10.2. The summed E-state index contributed by atoms with van der Waals surface area (Å²) in [5.41, 5.74) is 1.76. The van der Waals surface area contributed by atoms with Crippen LogP contribution in [0.5, 0.6) is 0 Å². The Balaban J connectivity index is 1.90. The molecule has 0 aliphatic rings. The minimum atomic E-state index is 0.00723. The summed E-state index contributed by atoms with van der Waals surface area (Å²) in [5, 5.41) is 21.7. The molecule has 0 spiro atoms. The molecule has 106 valence electrons. The van der Waals surface area contributed by atoms with Gasteiger partial charge in [0.05, 0.1) is 12.3 Å². The molecule has 21 heavy (non-hydrogen) atoms. The van der Waals surface area contributed by atoms with E-state index < -0.39 is 0 Å². The van der Waals surface area contributed by atoms with Crippen LogP contribution in [0.2, 0.25) is 0 Å². The van der Waals surface area contributed by atoms with E-state index in [0.29, 0.717) is 5.16 Å². The third kappa shape index (κ3) is 3.15. The van der Waals surface area contributed by atoms with E-state index >= 15 is 0 Å². The largest absolute Gasteiger partial charge is 0.392 e. The van der Waals surface area contributed by atoms with E-state index in [2.05, 4.69) is 31.5 Å². The number of aliphatic hydroxyl groups is 1. The van der Waals surface area contributed by atoms with Crippen LogP contribution in [0.15, 0.2) is 63.1 Å². The lowest BCUT2D eigenvalue weighted by Crippen LogP contribution is -1.98. The van der Waals surface area contributed by atoms with Crippen LogP contribution in [0.3, 0.4) is 0 Å². The summed E-state index contributed by atoms with van der Waals surface area (Å²) < 4.78 is 2.56. The summed E-state index contributed by atoms with van der Waals surface area (Å²) in [6.07, 6.45) is 0.